The average Bonchev–Trinajstić information content (AvgIpc) is 2.82. The van der Waals surface area contributed by atoms with E-state index in [1.807, 2.05) is 50.5 Å². The lowest BCUT2D eigenvalue weighted by molar-refractivity contribution is 0.0951. The van der Waals surface area contributed by atoms with E-state index < -0.39 is 0 Å². The molecule has 3 nitrogen and oxygen atoms in total. The first-order chi connectivity index (χ1) is 8.16. The van der Waals surface area contributed by atoms with Gasteiger partial charge in [-0.15, -0.1) is 0 Å². The summed E-state index contributed by atoms with van der Waals surface area (Å²) >= 11 is 0. The minimum atomic E-state index is -0.0331. The van der Waals surface area contributed by atoms with Gasteiger partial charge in [0, 0.05) is 24.5 Å². The first-order valence-corrected chi connectivity index (χ1v) is 5.64. The molecule has 1 amide bonds. The number of amides is 1. The highest BCUT2D eigenvalue weighted by molar-refractivity contribution is 5.94. The first-order valence-electron chi connectivity index (χ1n) is 5.64. The van der Waals surface area contributed by atoms with Gasteiger partial charge in [-0.05, 0) is 48.7 Å². The molecule has 0 radical (unpaired) electrons. The standard InChI is InChI=1S/C14H16N2O/c1-10-3-4-13(7-11(10)2)14(17)16-9-12-5-6-15-8-12/h3-8,15H,9H2,1-2H3,(H,16,17). The minimum Gasteiger partial charge on any atom is -0.367 e. The van der Waals surface area contributed by atoms with Crippen molar-refractivity contribution in [3.63, 3.8) is 0 Å². The van der Waals surface area contributed by atoms with E-state index in [1.165, 1.54) is 5.56 Å². The van der Waals surface area contributed by atoms with E-state index in [0.29, 0.717) is 12.1 Å². The maximum atomic E-state index is 11.9. The van der Waals surface area contributed by atoms with Crippen molar-refractivity contribution in [1.29, 1.82) is 0 Å². The fraction of sp³-hybridized carbons (Fsp3) is 0.214. The molecule has 1 heterocycles. The molecule has 2 aromatic rings. The lowest BCUT2D eigenvalue weighted by Gasteiger charge is -2.06. The van der Waals surface area contributed by atoms with Gasteiger partial charge in [0.2, 0.25) is 0 Å². The van der Waals surface area contributed by atoms with Gasteiger partial charge in [0.05, 0.1) is 0 Å². The number of benzene rings is 1. The largest absolute Gasteiger partial charge is 0.367 e. The monoisotopic (exact) mass is 228 g/mol. The lowest BCUT2D eigenvalue weighted by atomic mass is 10.1. The van der Waals surface area contributed by atoms with E-state index in [4.69, 9.17) is 0 Å². The molecule has 2 rings (SSSR count). The van der Waals surface area contributed by atoms with Crippen molar-refractivity contribution in [2.75, 3.05) is 0 Å². The second-order valence-electron chi connectivity index (χ2n) is 4.20. The van der Waals surface area contributed by atoms with Gasteiger partial charge in [-0.25, -0.2) is 0 Å². The van der Waals surface area contributed by atoms with Gasteiger partial charge in [0.25, 0.3) is 5.91 Å². The molecule has 2 N–H and O–H groups in total. The molecule has 0 bridgehead atoms. The summed E-state index contributed by atoms with van der Waals surface area (Å²) in [7, 11) is 0. The van der Waals surface area contributed by atoms with Gasteiger partial charge in [-0.1, -0.05) is 6.07 Å². The summed E-state index contributed by atoms with van der Waals surface area (Å²) in [5.41, 5.74) is 4.12. The summed E-state index contributed by atoms with van der Waals surface area (Å²) in [4.78, 5) is 14.8. The van der Waals surface area contributed by atoms with Gasteiger partial charge in [0.1, 0.15) is 0 Å². The molecule has 3 heteroatoms. The highest BCUT2D eigenvalue weighted by Crippen LogP contribution is 2.09. The number of carbonyl (C=O) groups excluding carboxylic acids is 1. The van der Waals surface area contributed by atoms with Gasteiger partial charge in [-0.2, -0.15) is 0 Å². The minimum absolute atomic E-state index is 0.0331. The topological polar surface area (TPSA) is 44.9 Å². The molecule has 0 aliphatic heterocycles. The molecule has 1 aromatic carbocycles. The Morgan fingerprint density at radius 2 is 2.06 bits per heavy atom. The van der Waals surface area contributed by atoms with Gasteiger partial charge < -0.3 is 10.3 Å². The highest BCUT2D eigenvalue weighted by atomic mass is 16.1. The third-order valence-electron chi connectivity index (χ3n) is 2.88. The van der Waals surface area contributed by atoms with E-state index >= 15 is 0 Å². The number of aromatic nitrogens is 1. The van der Waals surface area contributed by atoms with Crippen LogP contribution >= 0.6 is 0 Å². The van der Waals surface area contributed by atoms with Crippen LogP contribution in [0.25, 0.3) is 0 Å². The molecule has 0 saturated heterocycles. The van der Waals surface area contributed by atoms with Crippen molar-refractivity contribution < 1.29 is 4.79 Å². The van der Waals surface area contributed by atoms with Gasteiger partial charge in [0.15, 0.2) is 0 Å². The molecule has 17 heavy (non-hydrogen) atoms. The molecule has 0 aliphatic rings. The average molecular weight is 228 g/mol. The van der Waals surface area contributed by atoms with E-state index in [-0.39, 0.29) is 5.91 Å². The number of aryl methyl sites for hydroxylation is 2. The third-order valence-corrected chi connectivity index (χ3v) is 2.88. The number of nitrogens with one attached hydrogen (secondary N) is 2. The number of hydrogen-bond acceptors (Lipinski definition) is 1. The second-order valence-corrected chi connectivity index (χ2v) is 4.20. The molecule has 0 atom stereocenters. The summed E-state index contributed by atoms with van der Waals surface area (Å²) in [5.74, 6) is -0.0331. The molecule has 1 aromatic heterocycles. The number of hydrogen-bond donors (Lipinski definition) is 2. The van der Waals surface area contributed by atoms with Crippen LogP contribution in [0.15, 0.2) is 36.7 Å². The first kappa shape index (κ1) is 11.5. The summed E-state index contributed by atoms with van der Waals surface area (Å²) < 4.78 is 0. The maximum Gasteiger partial charge on any atom is 0.251 e. The molecule has 0 fully saturated rings. The molecule has 0 aliphatic carbocycles. The zero-order valence-electron chi connectivity index (χ0n) is 10.1. The van der Waals surface area contributed by atoms with Crippen LogP contribution in [0.1, 0.15) is 27.0 Å². The molecule has 0 saturated carbocycles. The Labute approximate surface area is 101 Å². The lowest BCUT2D eigenvalue weighted by Crippen LogP contribution is -2.22. The smallest absolute Gasteiger partial charge is 0.251 e. The molecular weight excluding hydrogens is 212 g/mol. The maximum absolute atomic E-state index is 11.9. The van der Waals surface area contributed by atoms with E-state index in [0.717, 1.165) is 11.1 Å². The number of carbonyl (C=O) groups is 1. The van der Waals surface area contributed by atoms with Gasteiger partial charge >= 0.3 is 0 Å². The van der Waals surface area contributed by atoms with Crippen LogP contribution in [0.4, 0.5) is 0 Å². The Kier molecular flexibility index (Phi) is 3.28. The number of H-pyrrole nitrogens is 1. The number of rotatable bonds is 3. The van der Waals surface area contributed by atoms with Crippen molar-refractivity contribution in [2.45, 2.75) is 20.4 Å². The molecule has 0 unspecified atom stereocenters. The summed E-state index contributed by atoms with van der Waals surface area (Å²) in [6, 6.07) is 7.69. The van der Waals surface area contributed by atoms with E-state index in [9.17, 15) is 4.79 Å². The van der Waals surface area contributed by atoms with Crippen LogP contribution < -0.4 is 5.32 Å². The predicted molar refractivity (Wildman–Crippen MR) is 67.9 cm³/mol. The Hall–Kier alpha value is -2.03. The predicted octanol–water partition coefficient (Wildman–Crippen LogP) is 2.56. The summed E-state index contributed by atoms with van der Waals surface area (Å²) in [5, 5.41) is 2.89. The summed E-state index contributed by atoms with van der Waals surface area (Å²) in [6.07, 6.45) is 3.72. The fourth-order valence-corrected chi connectivity index (χ4v) is 1.64. The molecule has 88 valence electrons. The van der Waals surface area contributed by atoms with E-state index in [1.54, 1.807) is 0 Å². The Morgan fingerprint density at radius 1 is 1.24 bits per heavy atom. The fourth-order valence-electron chi connectivity index (χ4n) is 1.64. The van der Waals surface area contributed by atoms with Crippen LogP contribution in [-0.2, 0) is 6.54 Å². The van der Waals surface area contributed by atoms with Crippen LogP contribution in [0.2, 0.25) is 0 Å². The van der Waals surface area contributed by atoms with E-state index in [2.05, 4.69) is 10.3 Å². The molecular formula is C14H16N2O. The zero-order valence-corrected chi connectivity index (χ0v) is 10.1. The molecule has 0 spiro atoms. The van der Waals surface area contributed by atoms with Crippen molar-refractivity contribution >= 4 is 5.91 Å². The SMILES string of the molecule is Cc1ccc(C(=O)NCc2cc[nH]c2)cc1C. The Balaban J connectivity index is 2.02. The quantitative estimate of drug-likeness (QED) is 0.833. The van der Waals surface area contributed by atoms with Gasteiger partial charge in [-0.3, -0.25) is 4.79 Å². The Bertz CT molecular complexity index is 515. The normalized spacial score (nSPS) is 10.2. The summed E-state index contributed by atoms with van der Waals surface area (Å²) in [6.45, 7) is 4.60. The third kappa shape index (κ3) is 2.75. The highest BCUT2D eigenvalue weighted by Gasteiger charge is 2.06. The van der Waals surface area contributed by atoms with Crippen LogP contribution in [0.3, 0.4) is 0 Å². The van der Waals surface area contributed by atoms with Crippen molar-refractivity contribution in [2.24, 2.45) is 0 Å². The van der Waals surface area contributed by atoms with Crippen molar-refractivity contribution in [1.82, 2.24) is 10.3 Å². The van der Waals surface area contributed by atoms with Crippen molar-refractivity contribution in [3.05, 3.63) is 58.9 Å². The van der Waals surface area contributed by atoms with Crippen LogP contribution in [-0.4, -0.2) is 10.9 Å². The van der Waals surface area contributed by atoms with Crippen LogP contribution in [0.5, 0.6) is 0 Å². The van der Waals surface area contributed by atoms with Crippen molar-refractivity contribution in [3.8, 4) is 0 Å². The number of aromatic amines is 1. The zero-order chi connectivity index (χ0) is 12.3. The Morgan fingerprint density at radius 3 is 2.71 bits per heavy atom. The van der Waals surface area contributed by atoms with Crippen LogP contribution in [0, 0.1) is 13.8 Å². The second kappa shape index (κ2) is 4.87.